The topological polar surface area (TPSA) is 54.5 Å². The predicted molar refractivity (Wildman–Crippen MR) is 75.2 cm³/mol. The molecule has 4 nitrogen and oxygen atoms in total. The van der Waals surface area contributed by atoms with Gasteiger partial charge in [0.1, 0.15) is 5.78 Å². The van der Waals surface area contributed by atoms with Crippen LogP contribution in [0.3, 0.4) is 0 Å². The minimum Gasteiger partial charge on any atom is -0.370 e. The highest BCUT2D eigenvalue weighted by molar-refractivity contribution is 7.91. The van der Waals surface area contributed by atoms with Crippen molar-refractivity contribution in [3.05, 3.63) is 24.3 Å². The molecule has 7 heteroatoms. The average Bonchev–Trinajstić information content (AvgIpc) is 2.47. The highest BCUT2D eigenvalue weighted by atomic mass is 32.2. The molecule has 1 saturated heterocycles. The Labute approximate surface area is 122 Å². The quantitative estimate of drug-likeness (QED) is 0.856. The van der Waals surface area contributed by atoms with Crippen LogP contribution in [0.2, 0.25) is 0 Å². The van der Waals surface area contributed by atoms with Gasteiger partial charge < -0.3 is 4.90 Å². The van der Waals surface area contributed by atoms with Crippen LogP contribution in [0.5, 0.6) is 0 Å². The lowest BCUT2D eigenvalue weighted by molar-refractivity contribution is -0.121. The first-order valence-electron chi connectivity index (χ1n) is 6.70. The number of para-hydroxylation sites is 1. The fraction of sp³-hybridized carbons (Fsp3) is 0.500. The Morgan fingerprint density at radius 1 is 1.24 bits per heavy atom. The number of nitrogens with zero attached hydrogens (tertiary/aromatic N) is 1. The van der Waals surface area contributed by atoms with Gasteiger partial charge in [-0.3, -0.25) is 4.79 Å². The number of carbonyl (C=O) groups is 1. The molecule has 0 aliphatic carbocycles. The Morgan fingerprint density at radius 2 is 1.81 bits per heavy atom. The molecule has 2 rings (SSSR count). The van der Waals surface area contributed by atoms with Gasteiger partial charge in [0.25, 0.3) is 0 Å². The number of hydrogen-bond acceptors (Lipinski definition) is 4. The molecule has 0 radical (unpaired) electrons. The summed E-state index contributed by atoms with van der Waals surface area (Å²) in [5, 5.41) is 0. The molecule has 1 aliphatic heterocycles. The molecule has 1 aromatic rings. The van der Waals surface area contributed by atoms with Crippen LogP contribution in [0, 0.1) is 5.92 Å². The predicted octanol–water partition coefficient (Wildman–Crippen LogP) is 2.49. The minimum absolute atomic E-state index is 0.0277. The lowest BCUT2D eigenvalue weighted by atomic mass is 9.93. The maximum absolute atomic E-state index is 12.8. The summed E-state index contributed by atoms with van der Waals surface area (Å²) in [6.45, 7) is 2.51. The van der Waals surface area contributed by atoms with E-state index >= 15 is 0 Å². The van der Waals surface area contributed by atoms with Gasteiger partial charge >= 0.3 is 5.76 Å². The zero-order valence-corrected chi connectivity index (χ0v) is 12.4. The maximum Gasteiger partial charge on any atom is 0.341 e. The van der Waals surface area contributed by atoms with Crippen molar-refractivity contribution in [1.82, 2.24) is 0 Å². The molecule has 21 heavy (non-hydrogen) atoms. The van der Waals surface area contributed by atoms with Crippen LogP contribution >= 0.6 is 0 Å². The molecule has 1 heterocycles. The summed E-state index contributed by atoms with van der Waals surface area (Å²) < 4.78 is 49.0. The number of sulfone groups is 1. The monoisotopic (exact) mass is 317 g/mol. The summed E-state index contributed by atoms with van der Waals surface area (Å²) in [4.78, 5) is 12.8. The summed E-state index contributed by atoms with van der Waals surface area (Å²) >= 11 is 0. The molecule has 116 valence electrons. The molecule has 0 aromatic heterocycles. The van der Waals surface area contributed by atoms with Crippen LogP contribution in [-0.2, 0) is 14.6 Å². The highest BCUT2D eigenvalue weighted by Crippen LogP contribution is 2.31. The van der Waals surface area contributed by atoms with Crippen molar-refractivity contribution in [2.75, 3.05) is 18.0 Å². The first-order chi connectivity index (χ1) is 9.84. The normalized spacial score (nSPS) is 17.2. The van der Waals surface area contributed by atoms with E-state index in [1.807, 2.05) is 0 Å². The Kier molecular flexibility index (Phi) is 4.61. The van der Waals surface area contributed by atoms with Crippen molar-refractivity contribution in [3.8, 4) is 0 Å². The Hall–Kier alpha value is -1.50. The zero-order valence-electron chi connectivity index (χ0n) is 11.6. The largest absolute Gasteiger partial charge is 0.370 e. The van der Waals surface area contributed by atoms with Crippen LogP contribution in [0.25, 0.3) is 0 Å². The smallest absolute Gasteiger partial charge is 0.341 e. The number of benzene rings is 1. The van der Waals surface area contributed by atoms with Crippen molar-refractivity contribution in [3.63, 3.8) is 0 Å². The van der Waals surface area contributed by atoms with E-state index in [1.165, 1.54) is 25.1 Å². The number of rotatable bonds is 4. The number of halogens is 2. The van der Waals surface area contributed by atoms with Crippen molar-refractivity contribution < 1.29 is 22.0 Å². The first-order valence-corrected chi connectivity index (χ1v) is 8.25. The molecule has 1 fully saturated rings. The van der Waals surface area contributed by atoms with E-state index in [-0.39, 0.29) is 16.6 Å². The highest BCUT2D eigenvalue weighted by Gasteiger charge is 2.32. The molecule has 1 aliphatic rings. The molecule has 1 aromatic carbocycles. The number of anilines is 1. The zero-order chi connectivity index (χ0) is 15.6. The van der Waals surface area contributed by atoms with E-state index in [9.17, 15) is 22.0 Å². The van der Waals surface area contributed by atoms with Gasteiger partial charge in [-0.15, -0.1) is 0 Å². The Balaban J connectivity index is 2.29. The van der Waals surface area contributed by atoms with Gasteiger partial charge in [0.05, 0.1) is 10.6 Å². The first kappa shape index (κ1) is 15.9. The molecule has 0 atom stereocenters. The van der Waals surface area contributed by atoms with E-state index in [0.29, 0.717) is 31.6 Å². The molecule has 0 saturated carbocycles. The number of ketones is 1. The fourth-order valence-electron chi connectivity index (χ4n) is 2.58. The van der Waals surface area contributed by atoms with Gasteiger partial charge in [-0.05, 0) is 31.9 Å². The van der Waals surface area contributed by atoms with Crippen LogP contribution < -0.4 is 4.90 Å². The second-order valence-electron chi connectivity index (χ2n) is 5.15. The molecule has 0 amide bonds. The van der Waals surface area contributed by atoms with Crippen molar-refractivity contribution in [2.24, 2.45) is 5.92 Å². The van der Waals surface area contributed by atoms with E-state index in [1.54, 1.807) is 11.0 Å². The molecule has 0 N–H and O–H groups in total. The number of hydrogen-bond donors (Lipinski definition) is 0. The van der Waals surface area contributed by atoms with E-state index in [0.717, 1.165) is 0 Å². The number of piperidine rings is 1. The standard InChI is InChI=1S/C14H17F2NO3S/c1-10(18)11-6-8-17(9-7-11)12-4-2-3-5-13(12)21(19,20)14(15)16/h2-5,11,14H,6-9H2,1H3. The number of Topliss-reactive ketones (excluding diaryl/α,β-unsaturated/α-hetero) is 1. The lowest BCUT2D eigenvalue weighted by Crippen LogP contribution is -2.36. The second-order valence-corrected chi connectivity index (χ2v) is 7.03. The van der Waals surface area contributed by atoms with Gasteiger partial charge in [0, 0.05) is 19.0 Å². The van der Waals surface area contributed by atoms with Crippen molar-refractivity contribution >= 4 is 21.3 Å². The summed E-state index contributed by atoms with van der Waals surface area (Å²) in [6.07, 6.45) is 1.22. The third-order valence-corrected chi connectivity index (χ3v) is 5.24. The van der Waals surface area contributed by atoms with Crippen molar-refractivity contribution in [1.29, 1.82) is 0 Å². The van der Waals surface area contributed by atoms with Crippen LogP contribution in [0.15, 0.2) is 29.2 Å². The summed E-state index contributed by atoms with van der Waals surface area (Å²) in [5.74, 6) is -3.35. The van der Waals surface area contributed by atoms with E-state index < -0.39 is 15.6 Å². The summed E-state index contributed by atoms with van der Waals surface area (Å²) in [6, 6.07) is 5.79. The minimum atomic E-state index is -4.63. The summed E-state index contributed by atoms with van der Waals surface area (Å²) in [5.41, 5.74) is 0.291. The molecule has 0 spiro atoms. The third-order valence-electron chi connectivity index (χ3n) is 3.82. The van der Waals surface area contributed by atoms with Gasteiger partial charge in [0.2, 0.25) is 9.84 Å². The average molecular weight is 317 g/mol. The number of carbonyl (C=O) groups excluding carboxylic acids is 1. The molecular weight excluding hydrogens is 300 g/mol. The molecule has 0 bridgehead atoms. The fourth-order valence-corrected chi connectivity index (χ4v) is 3.53. The summed E-state index contributed by atoms with van der Waals surface area (Å²) in [7, 11) is -4.63. The lowest BCUT2D eigenvalue weighted by Gasteiger charge is -2.33. The molecular formula is C14H17F2NO3S. The van der Waals surface area contributed by atoms with E-state index in [2.05, 4.69) is 0 Å². The third kappa shape index (κ3) is 3.23. The van der Waals surface area contributed by atoms with Crippen LogP contribution in [0.4, 0.5) is 14.5 Å². The van der Waals surface area contributed by atoms with Gasteiger partial charge in [0.15, 0.2) is 0 Å². The molecule has 0 unspecified atom stereocenters. The van der Waals surface area contributed by atoms with Gasteiger partial charge in [-0.25, -0.2) is 8.42 Å². The van der Waals surface area contributed by atoms with Crippen molar-refractivity contribution in [2.45, 2.75) is 30.4 Å². The Morgan fingerprint density at radius 3 is 2.33 bits per heavy atom. The number of alkyl halides is 2. The van der Waals surface area contributed by atoms with E-state index in [4.69, 9.17) is 0 Å². The maximum atomic E-state index is 12.8. The van der Waals surface area contributed by atoms with Gasteiger partial charge in [-0.1, -0.05) is 12.1 Å². The Bertz CT molecular complexity index is 623. The van der Waals surface area contributed by atoms with Crippen LogP contribution in [-0.4, -0.2) is 33.0 Å². The van der Waals surface area contributed by atoms with Gasteiger partial charge in [-0.2, -0.15) is 8.78 Å². The second kappa shape index (κ2) is 6.09. The van der Waals surface area contributed by atoms with Crippen LogP contribution in [0.1, 0.15) is 19.8 Å². The SMILES string of the molecule is CC(=O)C1CCN(c2ccccc2S(=O)(=O)C(F)F)CC1.